The number of rotatable bonds is 5. The van der Waals surface area contributed by atoms with Crippen LogP contribution in [-0.4, -0.2) is 36.0 Å². The second-order valence-corrected chi connectivity index (χ2v) is 8.07. The lowest BCUT2D eigenvalue weighted by atomic mass is 10.1. The fourth-order valence-electron chi connectivity index (χ4n) is 2.91. The van der Waals surface area contributed by atoms with Crippen LogP contribution in [0.2, 0.25) is 0 Å². The number of furan rings is 1. The predicted molar refractivity (Wildman–Crippen MR) is 81.0 cm³/mol. The molecule has 3 rings (SSSR count). The average Bonchev–Trinajstić information content (AvgIpc) is 3.15. The summed E-state index contributed by atoms with van der Waals surface area (Å²) >= 11 is 0. The van der Waals surface area contributed by atoms with Gasteiger partial charge in [-0.2, -0.15) is 0 Å². The molecule has 1 fully saturated rings. The van der Waals surface area contributed by atoms with Crippen molar-refractivity contribution in [2.45, 2.75) is 39.4 Å². The summed E-state index contributed by atoms with van der Waals surface area (Å²) in [6.45, 7) is 4.98. The Kier molecular flexibility index (Phi) is 4.10. The standard InChI is InChI=1S/C15H20N2O4S/c1-11-15(12(2)21-16-11)9-17(8-14-4-3-6-20-14)13-5-7-22(18,19)10-13/h3-4,6,13H,5,7-10H2,1-2H3/t13-/m1/s1. The molecule has 0 N–H and O–H groups in total. The molecule has 1 atom stereocenters. The van der Waals surface area contributed by atoms with E-state index < -0.39 is 9.84 Å². The van der Waals surface area contributed by atoms with Crippen LogP contribution in [0.15, 0.2) is 27.3 Å². The lowest BCUT2D eigenvalue weighted by molar-refractivity contribution is 0.178. The third-order valence-electron chi connectivity index (χ3n) is 4.21. The molecule has 1 aliphatic heterocycles. The minimum atomic E-state index is -2.93. The Morgan fingerprint density at radius 1 is 1.36 bits per heavy atom. The summed E-state index contributed by atoms with van der Waals surface area (Å²) in [4.78, 5) is 2.15. The molecular formula is C15H20N2O4S. The molecule has 120 valence electrons. The summed E-state index contributed by atoms with van der Waals surface area (Å²) in [6.07, 6.45) is 2.29. The third kappa shape index (κ3) is 3.25. The van der Waals surface area contributed by atoms with Crippen molar-refractivity contribution in [2.24, 2.45) is 0 Å². The molecule has 0 amide bonds. The van der Waals surface area contributed by atoms with E-state index in [1.807, 2.05) is 26.0 Å². The van der Waals surface area contributed by atoms with Gasteiger partial charge in [0, 0.05) is 18.2 Å². The van der Waals surface area contributed by atoms with Crippen LogP contribution in [-0.2, 0) is 22.9 Å². The topological polar surface area (TPSA) is 76.6 Å². The van der Waals surface area contributed by atoms with Crippen LogP contribution in [0.4, 0.5) is 0 Å². The number of aryl methyl sites for hydroxylation is 2. The first-order valence-electron chi connectivity index (χ1n) is 7.33. The van der Waals surface area contributed by atoms with Gasteiger partial charge < -0.3 is 8.94 Å². The van der Waals surface area contributed by atoms with Crippen molar-refractivity contribution in [1.29, 1.82) is 0 Å². The summed E-state index contributed by atoms with van der Waals surface area (Å²) in [5.74, 6) is 2.07. The van der Waals surface area contributed by atoms with E-state index in [0.29, 0.717) is 19.5 Å². The maximum Gasteiger partial charge on any atom is 0.151 e. The Hall–Kier alpha value is -1.60. The third-order valence-corrected chi connectivity index (χ3v) is 5.96. The zero-order chi connectivity index (χ0) is 15.7. The van der Waals surface area contributed by atoms with Gasteiger partial charge in [-0.25, -0.2) is 8.42 Å². The molecule has 2 aromatic heterocycles. The van der Waals surface area contributed by atoms with Gasteiger partial charge in [0.25, 0.3) is 0 Å². The molecule has 3 heterocycles. The first-order chi connectivity index (χ1) is 10.4. The van der Waals surface area contributed by atoms with Crippen molar-refractivity contribution in [3.8, 4) is 0 Å². The highest BCUT2D eigenvalue weighted by atomic mass is 32.2. The van der Waals surface area contributed by atoms with Gasteiger partial charge >= 0.3 is 0 Å². The highest BCUT2D eigenvalue weighted by Gasteiger charge is 2.33. The van der Waals surface area contributed by atoms with Crippen LogP contribution in [0, 0.1) is 13.8 Å². The van der Waals surface area contributed by atoms with Crippen molar-refractivity contribution in [3.05, 3.63) is 41.2 Å². The molecule has 0 spiro atoms. The minimum absolute atomic E-state index is 0.00352. The van der Waals surface area contributed by atoms with Crippen LogP contribution >= 0.6 is 0 Å². The van der Waals surface area contributed by atoms with Crippen molar-refractivity contribution >= 4 is 9.84 Å². The first-order valence-corrected chi connectivity index (χ1v) is 9.15. The average molecular weight is 324 g/mol. The number of sulfone groups is 1. The molecule has 0 aliphatic carbocycles. The monoisotopic (exact) mass is 324 g/mol. The normalized spacial score (nSPS) is 20.8. The minimum Gasteiger partial charge on any atom is -0.468 e. The molecule has 6 nitrogen and oxygen atoms in total. The Balaban J connectivity index is 1.83. The highest BCUT2D eigenvalue weighted by Crippen LogP contribution is 2.24. The van der Waals surface area contributed by atoms with Crippen molar-refractivity contribution in [3.63, 3.8) is 0 Å². The molecule has 22 heavy (non-hydrogen) atoms. The van der Waals surface area contributed by atoms with Crippen LogP contribution in [0.5, 0.6) is 0 Å². The summed E-state index contributed by atoms with van der Waals surface area (Å²) in [5.41, 5.74) is 1.87. The van der Waals surface area contributed by atoms with Gasteiger partial charge in [0.15, 0.2) is 9.84 Å². The van der Waals surface area contributed by atoms with Gasteiger partial charge in [-0.3, -0.25) is 4.90 Å². The summed E-state index contributed by atoms with van der Waals surface area (Å²) in [7, 11) is -2.93. The van der Waals surface area contributed by atoms with E-state index in [1.54, 1.807) is 6.26 Å². The Bertz CT molecular complexity index is 714. The van der Waals surface area contributed by atoms with E-state index in [4.69, 9.17) is 8.94 Å². The highest BCUT2D eigenvalue weighted by molar-refractivity contribution is 7.91. The SMILES string of the molecule is Cc1noc(C)c1CN(Cc1ccco1)[C@@H]1CCS(=O)(=O)C1. The predicted octanol–water partition coefficient (Wildman–Crippen LogP) is 2.07. The first kappa shape index (κ1) is 15.3. The second kappa shape index (κ2) is 5.89. The lowest BCUT2D eigenvalue weighted by Crippen LogP contribution is -2.35. The van der Waals surface area contributed by atoms with E-state index in [9.17, 15) is 8.42 Å². The van der Waals surface area contributed by atoms with Crippen LogP contribution < -0.4 is 0 Å². The number of hydrogen-bond acceptors (Lipinski definition) is 6. The maximum absolute atomic E-state index is 11.8. The Morgan fingerprint density at radius 3 is 2.73 bits per heavy atom. The number of nitrogens with zero attached hydrogens (tertiary/aromatic N) is 2. The molecule has 0 unspecified atom stereocenters. The summed E-state index contributed by atoms with van der Waals surface area (Å²) < 4.78 is 34.2. The van der Waals surface area contributed by atoms with Gasteiger partial charge in [0.1, 0.15) is 11.5 Å². The molecule has 7 heteroatoms. The molecule has 1 saturated heterocycles. The quantitative estimate of drug-likeness (QED) is 0.838. The molecule has 0 radical (unpaired) electrons. The van der Waals surface area contributed by atoms with Crippen molar-refractivity contribution in [1.82, 2.24) is 10.1 Å². The van der Waals surface area contributed by atoms with E-state index in [2.05, 4.69) is 10.1 Å². The van der Waals surface area contributed by atoms with Crippen LogP contribution in [0.1, 0.15) is 29.2 Å². The summed E-state index contributed by atoms with van der Waals surface area (Å²) in [5, 5.41) is 3.98. The zero-order valence-electron chi connectivity index (χ0n) is 12.8. The molecular weight excluding hydrogens is 304 g/mol. The Morgan fingerprint density at radius 2 is 2.18 bits per heavy atom. The van der Waals surface area contributed by atoms with E-state index in [1.165, 1.54) is 0 Å². The van der Waals surface area contributed by atoms with Crippen molar-refractivity contribution in [2.75, 3.05) is 11.5 Å². The van der Waals surface area contributed by atoms with E-state index in [-0.39, 0.29) is 17.5 Å². The fraction of sp³-hybridized carbons (Fsp3) is 0.533. The largest absolute Gasteiger partial charge is 0.468 e. The fourth-order valence-corrected chi connectivity index (χ4v) is 4.67. The molecule has 0 aromatic carbocycles. The van der Waals surface area contributed by atoms with Crippen LogP contribution in [0.25, 0.3) is 0 Å². The van der Waals surface area contributed by atoms with Gasteiger partial charge in [0.05, 0.1) is 30.0 Å². The second-order valence-electron chi connectivity index (χ2n) is 5.84. The van der Waals surface area contributed by atoms with E-state index >= 15 is 0 Å². The molecule has 1 aliphatic rings. The van der Waals surface area contributed by atoms with Gasteiger partial charge in [-0.1, -0.05) is 5.16 Å². The van der Waals surface area contributed by atoms with Gasteiger partial charge in [0.2, 0.25) is 0 Å². The zero-order valence-corrected chi connectivity index (χ0v) is 13.6. The summed E-state index contributed by atoms with van der Waals surface area (Å²) in [6, 6.07) is 3.75. The van der Waals surface area contributed by atoms with E-state index in [0.717, 1.165) is 22.8 Å². The maximum atomic E-state index is 11.8. The molecule has 0 bridgehead atoms. The number of aromatic nitrogens is 1. The van der Waals surface area contributed by atoms with Gasteiger partial charge in [-0.15, -0.1) is 0 Å². The lowest BCUT2D eigenvalue weighted by Gasteiger charge is -2.27. The van der Waals surface area contributed by atoms with Gasteiger partial charge in [-0.05, 0) is 32.4 Å². The molecule has 0 saturated carbocycles. The smallest absolute Gasteiger partial charge is 0.151 e. The van der Waals surface area contributed by atoms with Crippen LogP contribution in [0.3, 0.4) is 0 Å². The number of hydrogen-bond donors (Lipinski definition) is 0. The van der Waals surface area contributed by atoms with Crippen molar-refractivity contribution < 1.29 is 17.4 Å². The Labute approximate surface area is 130 Å². The molecule has 2 aromatic rings.